The zero-order chi connectivity index (χ0) is 14.0. The quantitative estimate of drug-likeness (QED) is 0.656. The van der Waals surface area contributed by atoms with Gasteiger partial charge in [-0.15, -0.1) is 0 Å². The Morgan fingerprint density at radius 2 is 2.26 bits per heavy atom. The van der Waals surface area contributed by atoms with E-state index < -0.39 is 11.4 Å². The number of thioether (sulfide) groups is 1. The summed E-state index contributed by atoms with van der Waals surface area (Å²) < 4.78 is 13.0. The maximum Gasteiger partial charge on any atom is 0.259 e. The van der Waals surface area contributed by atoms with Crippen molar-refractivity contribution in [2.75, 3.05) is 7.05 Å². The molecule has 2 N–H and O–H groups in total. The number of hydrogen-bond donors (Lipinski definition) is 2. The zero-order valence-electron chi connectivity index (χ0n) is 10.4. The van der Waals surface area contributed by atoms with E-state index in [0.717, 1.165) is 17.8 Å². The van der Waals surface area contributed by atoms with Crippen molar-refractivity contribution in [1.82, 2.24) is 15.3 Å². The average Bonchev–Trinajstić information content (AvgIpc) is 2.38. The van der Waals surface area contributed by atoms with Gasteiger partial charge in [0.05, 0.1) is 16.2 Å². The number of halogens is 1. The Bertz CT molecular complexity index is 686. The molecule has 7 heteroatoms. The van der Waals surface area contributed by atoms with Crippen LogP contribution >= 0.6 is 11.8 Å². The van der Waals surface area contributed by atoms with E-state index in [1.165, 1.54) is 12.1 Å². The van der Waals surface area contributed by atoms with Gasteiger partial charge in [-0.05, 0) is 25.1 Å². The van der Waals surface area contributed by atoms with Crippen LogP contribution < -0.4 is 10.9 Å². The number of aromatic amines is 1. The third-order valence-electron chi connectivity index (χ3n) is 2.55. The molecule has 2 rings (SSSR count). The minimum absolute atomic E-state index is 0.160. The molecule has 1 amide bonds. The number of fused-ring (bicyclic) bond motifs is 1. The Hall–Kier alpha value is -1.89. The molecule has 1 atom stereocenters. The molecule has 0 radical (unpaired) electrons. The zero-order valence-corrected chi connectivity index (χ0v) is 11.2. The Morgan fingerprint density at radius 3 is 2.95 bits per heavy atom. The van der Waals surface area contributed by atoms with Crippen molar-refractivity contribution in [2.45, 2.75) is 17.3 Å². The van der Waals surface area contributed by atoms with Crippen molar-refractivity contribution in [3.05, 3.63) is 34.4 Å². The lowest BCUT2D eigenvalue weighted by molar-refractivity contribution is -0.119. The Morgan fingerprint density at radius 1 is 1.53 bits per heavy atom. The van der Waals surface area contributed by atoms with Gasteiger partial charge in [0.25, 0.3) is 5.56 Å². The third kappa shape index (κ3) is 2.93. The lowest BCUT2D eigenvalue weighted by atomic mass is 10.2. The van der Waals surface area contributed by atoms with Crippen LogP contribution in [-0.4, -0.2) is 28.2 Å². The fourth-order valence-electron chi connectivity index (χ4n) is 1.57. The van der Waals surface area contributed by atoms with E-state index in [1.54, 1.807) is 14.0 Å². The van der Waals surface area contributed by atoms with Gasteiger partial charge in [0.15, 0.2) is 5.16 Å². The van der Waals surface area contributed by atoms with Gasteiger partial charge in [-0.25, -0.2) is 9.37 Å². The number of carbonyl (C=O) groups excluding carboxylic acids is 1. The fourth-order valence-corrected chi connectivity index (χ4v) is 2.43. The summed E-state index contributed by atoms with van der Waals surface area (Å²) in [5, 5.41) is 2.66. The van der Waals surface area contributed by atoms with Crippen molar-refractivity contribution < 1.29 is 9.18 Å². The summed E-state index contributed by atoms with van der Waals surface area (Å²) in [6, 6.07) is 3.82. The number of benzene rings is 1. The van der Waals surface area contributed by atoms with Crippen molar-refractivity contribution in [1.29, 1.82) is 0 Å². The predicted molar refractivity (Wildman–Crippen MR) is 71.7 cm³/mol. The maximum absolute atomic E-state index is 13.0. The predicted octanol–water partition coefficient (Wildman–Crippen LogP) is 1.29. The van der Waals surface area contributed by atoms with E-state index in [4.69, 9.17) is 0 Å². The smallest absolute Gasteiger partial charge is 0.259 e. The summed E-state index contributed by atoms with van der Waals surface area (Å²) in [5.41, 5.74) is -0.0205. The topological polar surface area (TPSA) is 74.8 Å². The van der Waals surface area contributed by atoms with Crippen LogP contribution in [-0.2, 0) is 4.79 Å². The van der Waals surface area contributed by atoms with E-state index in [0.29, 0.717) is 10.7 Å². The molecule has 0 saturated heterocycles. The van der Waals surface area contributed by atoms with Gasteiger partial charge in [0.2, 0.25) is 5.91 Å². The summed E-state index contributed by atoms with van der Waals surface area (Å²) in [4.78, 5) is 29.9. The van der Waals surface area contributed by atoms with Crippen molar-refractivity contribution in [2.24, 2.45) is 0 Å². The number of carbonyl (C=O) groups is 1. The normalized spacial score (nSPS) is 12.4. The standard InChI is InChI=1S/C12H12FN3O2S/c1-6(10(17)14-2)19-12-15-9-4-3-7(13)5-8(9)11(18)16-12/h3-6H,1-2H3,(H,14,17)(H,15,16,18)/t6-/m0/s1. The molecule has 2 aromatic rings. The molecular formula is C12H12FN3O2S. The fraction of sp³-hybridized carbons (Fsp3) is 0.250. The molecule has 0 fully saturated rings. The highest BCUT2D eigenvalue weighted by Gasteiger charge is 2.15. The van der Waals surface area contributed by atoms with Gasteiger partial charge < -0.3 is 10.3 Å². The molecule has 100 valence electrons. The van der Waals surface area contributed by atoms with Crippen LogP contribution in [0.3, 0.4) is 0 Å². The van der Waals surface area contributed by atoms with E-state index in [-0.39, 0.29) is 16.5 Å². The number of amides is 1. The van der Waals surface area contributed by atoms with Crippen LogP contribution in [0.5, 0.6) is 0 Å². The van der Waals surface area contributed by atoms with Crippen LogP contribution in [0.25, 0.3) is 10.9 Å². The molecule has 0 aliphatic rings. The Labute approximate surface area is 112 Å². The summed E-state index contributed by atoms with van der Waals surface area (Å²) in [7, 11) is 1.54. The summed E-state index contributed by atoms with van der Waals surface area (Å²) in [6.45, 7) is 1.71. The maximum atomic E-state index is 13.0. The van der Waals surface area contributed by atoms with Gasteiger partial charge in [0.1, 0.15) is 5.82 Å². The van der Waals surface area contributed by atoms with Crippen LogP contribution in [0.4, 0.5) is 4.39 Å². The first-order valence-corrected chi connectivity index (χ1v) is 6.47. The molecule has 0 saturated carbocycles. The first kappa shape index (κ1) is 13.5. The van der Waals surface area contributed by atoms with Crippen LogP contribution in [0.2, 0.25) is 0 Å². The first-order chi connectivity index (χ1) is 9.01. The van der Waals surface area contributed by atoms with Crippen molar-refractivity contribution in [3.63, 3.8) is 0 Å². The molecule has 1 aromatic heterocycles. The van der Waals surface area contributed by atoms with Gasteiger partial charge in [-0.1, -0.05) is 11.8 Å². The number of hydrogen-bond acceptors (Lipinski definition) is 4. The monoisotopic (exact) mass is 281 g/mol. The number of nitrogens with one attached hydrogen (secondary N) is 2. The second-order valence-electron chi connectivity index (χ2n) is 3.91. The molecule has 0 aliphatic carbocycles. The lowest BCUT2D eigenvalue weighted by Crippen LogP contribution is -2.27. The van der Waals surface area contributed by atoms with E-state index in [2.05, 4.69) is 15.3 Å². The summed E-state index contributed by atoms with van der Waals surface area (Å²) in [5.74, 6) is -0.647. The largest absolute Gasteiger partial charge is 0.358 e. The van der Waals surface area contributed by atoms with E-state index in [9.17, 15) is 14.0 Å². The van der Waals surface area contributed by atoms with Gasteiger partial charge in [0, 0.05) is 7.05 Å². The van der Waals surface area contributed by atoms with Crippen LogP contribution in [0.1, 0.15) is 6.92 Å². The van der Waals surface area contributed by atoms with Crippen molar-refractivity contribution >= 4 is 28.6 Å². The molecule has 1 aromatic carbocycles. The molecule has 19 heavy (non-hydrogen) atoms. The Kier molecular flexibility index (Phi) is 3.84. The van der Waals surface area contributed by atoms with Crippen LogP contribution in [0.15, 0.2) is 28.2 Å². The number of H-pyrrole nitrogens is 1. The average molecular weight is 281 g/mol. The summed E-state index contributed by atoms with van der Waals surface area (Å²) >= 11 is 1.14. The highest BCUT2D eigenvalue weighted by atomic mass is 32.2. The van der Waals surface area contributed by atoms with Crippen LogP contribution in [0, 0.1) is 5.82 Å². The second kappa shape index (κ2) is 5.40. The number of aromatic nitrogens is 2. The highest BCUT2D eigenvalue weighted by Crippen LogP contribution is 2.20. The first-order valence-electron chi connectivity index (χ1n) is 5.59. The third-order valence-corrected chi connectivity index (χ3v) is 3.53. The number of nitrogens with zero attached hydrogens (tertiary/aromatic N) is 1. The molecular weight excluding hydrogens is 269 g/mol. The molecule has 1 heterocycles. The molecule has 5 nitrogen and oxygen atoms in total. The molecule has 0 unspecified atom stereocenters. The lowest BCUT2D eigenvalue weighted by Gasteiger charge is -2.08. The molecule has 0 bridgehead atoms. The SMILES string of the molecule is CNC(=O)[C@H](C)Sc1nc2ccc(F)cc2c(=O)[nH]1. The minimum Gasteiger partial charge on any atom is -0.358 e. The summed E-state index contributed by atoms with van der Waals surface area (Å²) in [6.07, 6.45) is 0. The molecule has 0 aliphatic heterocycles. The van der Waals surface area contributed by atoms with Gasteiger partial charge in [-0.2, -0.15) is 0 Å². The van der Waals surface area contributed by atoms with E-state index >= 15 is 0 Å². The minimum atomic E-state index is -0.487. The molecule has 0 spiro atoms. The van der Waals surface area contributed by atoms with Gasteiger partial charge in [-0.3, -0.25) is 9.59 Å². The van der Waals surface area contributed by atoms with E-state index in [1.807, 2.05) is 0 Å². The number of rotatable bonds is 3. The second-order valence-corrected chi connectivity index (χ2v) is 5.24. The highest BCUT2D eigenvalue weighted by molar-refractivity contribution is 8.00. The Balaban J connectivity index is 2.39. The van der Waals surface area contributed by atoms with Gasteiger partial charge >= 0.3 is 0 Å². The van der Waals surface area contributed by atoms with Crippen molar-refractivity contribution in [3.8, 4) is 0 Å².